The minimum absolute atomic E-state index is 0. The lowest BCUT2D eigenvalue weighted by molar-refractivity contribution is -0.138. The van der Waals surface area contributed by atoms with E-state index in [1.54, 1.807) is 17.0 Å². The van der Waals surface area contributed by atoms with E-state index in [0.717, 1.165) is 5.69 Å². The number of para-hydroxylation sites is 1. The zero-order valence-corrected chi connectivity index (χ0v) is 16.4. The van der Waals surface area contributed by atoms with Gasteiger partial charge in [-0.15, -0.1) is 12.4 Å². The van der Waals surface area contributed by atoms with Gasteiger partial charge in [-0.05, 0) is 24.3 Å². The monoisotopic (exact) mass is 429 g/mol. The lowest BCUT2D eigenvalue weighted by Gasteiger charge is -2.40. The van der Waals surface area contributed by atoms with Crippen LogP contribution in [0.25, 0.3) is 0 Å². The fourth-order valence-electron chi connectivity index (χ4n) is 3.25. The van der Waals surface area contributed by atoms with Gasteiger partial charge in [0.25, 0.3) is 0 Å². The van der Waals surface area contributed by atoms with E-state index in [2.05, 4.69) is 5.32 Å². The summed E-state index contributed by atoms with van der Waals surface area (Å²) in [6.07, 6.45) is 0.214. The molecule has 2 aromatic carbocycles. The largest absolute Gasteiger partial charge is 0.480 e. The van der Waals surface area contributed by atoms with Crippen LogP contribution in [0, 0.1) is 0 Å². The van der Waals surface area contributed by atoms with Crippen LogP contribution in [0.2, 0.25) is 10.0 Å². The lowest BCUT2D eigenvalue weighted by Crippen LogP contribution is -2.44. The Balaban J connectivity index is 0.00000261. The summed E-state index contributed by atoms with van der Waals surface area (Å²) in [5.74, 6) is -1.52. The van der Waals surface area contributed by atoms with E-state index in [4.69, 9.17) is 28.9 Å². The third-order valence-corrected chi connectivity index (χ3v) is 4.84. The Labute approximate surface area is 172 Å². The number of carboxylic acids is 1. The van der Waals surface area contributed by atoms with Gasteiger partial charge in [-0.2, -0.15) is 0 Å². The number of fused-ring (bicyclic) bond motifs is 1. The molecule has 0 saturated heterocycles. The summed E-state index contributed by atoms with van der Waals surface area (Å²) in [5.41, 5.74) is 7.43. The van der Waals surface area contributed by atoms with Crippen molar-refractivity contribution in [3.05, 3.63) is 58.1 Å². The Morgan fingerprint density at radius 1 is 1.22 bits per heavy atom. The molecule has 2 aromatic rings. The number of carboxylic acid groups (broad SMARTS) is 1. The van der Waals surface area contributed by atoms with Gasteiger partial charge in [-0.1, -0.05) is 41.4 Å². The molecule has 6 nitrogen and oxygen atoms in total. The molecule has 0 aliphatic carbocycles. The fraction of sp³-hybridized carbons (Fsp3) is 0.222. The van der Waals surface area contributed by atoms with Gasteiger partial charge in [0.1, 0.15) is 6.04 Å². The molecule has 1 aliphatic heterocycles. The number of nitrogens with two attached hydrogens (primary N) is 1. The third-order valence-electron chi connectivity index (χ3n) is 4.30. The molecule has 0 aromatic heterocycles. The molecule has 1 heterocycles. The van der Waals surface area contributed by atoms with Crippen LogP contribution >= 0.6 is 35.6 Å². The normalized spacial score (nSPS) is 17.9. The van der Waals surface area contributed by atoms with Crippen LogP contribution in [0.1, 0.15) is 18.0 Å². The number of anilines is 2. The summed E-state index contributed by atoms with van der Waals surface area (Å²) in [7, 11) is 0. The number of benzene rings is 2. The number of nitrogens with one attached hydrogen (secondary N) is 1. The van der Waals surface area contributed by atoms with Crippen LogP contribution in [0.4, 0.5) is 11.4 Å². The van der Waals surface area contributed by atoms with Crippen molar-refractivity contribution in [2.75, 3.05) is 16.8 Å². The van der Waals surface area contributed by atoms with E-state index >= 15 is 0 Å². The lowest BCUT2D eigenvalue weighted by atomic mass is 9.91. The van der Waals surface area contributed by atoms with Crippen molar-refractivity contribution in [2.45, 2.75) is 18.5 Å². The molecule has 0 bridgehead atoms. The number of rotatable bonds is 5. The topological polar surface area (TPSA) is 95.7 Å². The molecular weight excluding hydrogens is 413 g/mol. The van der Waals surface area contributed by atoms with E-state index in [1.165, 1.54) is 0 Å². The first-order chi connectivity index (χ1) is 12.4. The van der Waals surface area contributed by atoms with Gasteiger partial charge in [0.15, 0.2) is 0 Å². The molecule has 0 spiro atoms. The van der Waals surface area contributed by atoms with Crippen molar-refractivity contribution in [1.82, 2.24) is 0 Å². The van der Waals surface area contributed by atoms with E-state index in [9.17, 15) is 14.7 Å². The molecule has 4 N–H and O–H groups in total. The van der Waals surface area contributed by atoms with Crippen LogP contribution in [0.15, 0.2) is 42.5 Å². The van der Waals surface area contributed by atoms with Gasteiger partial charge >= 0.3 is 5.97 Å². The Bertz CT molecular complexity index is 848. The number of nitrogens with zero attached hydrogens (tertiary/aromatic N) is 1. The Morgan fingerprint density at radius 3 is 2.48 bits per heavy atom. The molecule has 1 amide bonds. The van der Waals surface area contributed by atoms with Crippen molar-refractivity contribution in [3.63, 3.8) is 0 Å². The van der Waals surface area contributed by atoms with Crippen molar-refractivity contribution in [3.8, 4) is 0 Å². The highest BCUT2D eigenvalue weighted by atomic mass is 35.5. The van der Waals surface area contributed by atoms with Crippen LogP contribution in [-0.2, 0) is 9.59 Å². The van der Waals surface area contributed by atoms with Gasteiger partial charge < -0.3 is 21.1 Å². The smallest absolute Gasteiger partial charge is 0.326 e. The number of hydrogen-bond acceptors (Lipinski definition) is 4. The highest BCUT2D eigenvalue weighted by molar-refractivity contribution is 6.35. The van der Waals surface area contributed by atoms with E-state index < -0.39 is 24.0 Å². The first-order valence-electron chi connectivity index (χ1n) is 7.95. The maximum absolute atomic E-state index is 11.7. The minimum atomic E-state index is -0.996. The second-order valence-electron chi connectivity index (χ2n) is 6.07. The SMILES string of the molecule is Cl.NC(=O)CN(c1ccccc1)[C@H]1C[C@H](C(=O)O)Nc2cc(Cl)cc(Cl)c21. The molecule has 1 aliphatic rings. The van der Waals surface area contributed by atoms with Crippen LogP contribution < -0.4 is 16.0 Å². The standard InChI is InChI=1S/C18H17Cl2N3O3.ClH/c19-10-6-12(20)17-13(7-10)22-14(18(25)26)8-15(17)23(9-16(21)24)11-4-2-1-3-5-11;/h1-7,14-15,22H,8-9H2,(H2,21,24)(H,25,26);1H/t14-,15+;/m1./s1. The number of halogens is 3. The number of primary amides is 1. The summed E-state index contributed by atoms with van der Waals surface area (Å²) in [6.45, 7) is -0.0700. The maximum Gasteiger partial charge on any atom is 0.326 e. The summed E-state index contributed by atoms with van der Waals surface area (Å²) < 4.78 is 0. The fourth-order valence-corrected chi connectivity index (χ4v) is 3.86. The predicted molar refractivity (Wildman–Crippen MR) is 109 cm³/mol. The van der Waals surface area contributed by atoms with Crippen molar-refractivity contribution in [2.24, 2.45) is 5.73 Å². The van der Waals surface area contributed by atoms with Crippen LogP contribution in [0.3, 0.4) is 0 Å². The molecule has 144 valence electrons. The highest BCUT2D eigenvalue weighted by Gasteiger charge is 2.36. The Kier molecular flexibility index (Phi) is 6.81. The molecule has 0 fully saturated rings. The molecule has 2 atom stereocenters. The molecule has 27 heavy (non-hydrogen) atoms. The summed E-state index contributed by atoms with van der Waals surface area (Å²) in [4.78, 5) is 25.1. The molecule has 0 saturated carbocycles. The summed E-state index contributed by atoms with van der Waals surface area (Å²) >= 11 is 12.5. The maximum atomic E-state index is 11.7. The summed E-state index contributed by atoms with van der Waals surface area (Å²) in [6, 6.07) is 11.1. The van der Waals surface area contributed by atoms with Crippen molar-refractivity contribution in [1.29, 1.82) is 0 Å². The number of amides is 1. The molecule has 0 radical (unpaired) electrons. The zero-order valence-electron chi connectivity index (χ0n) is 14.1. The van der Waals surface area contributed by atoms with Crippen LogP contribution in [-0.4, -0.2) is 29.6 Å². The molecular formula is C18H18Cl3N3O3. The quantitative estimate of drug-likeness (QED) is 0.672. The summed E-state index contributed by atoms with van der Waals surface area (Å²) in [5, 5.41) is 13.3. The van der Waals surface area contributed by atoms with Crippen molar-refractivity contribution >= 4 is 58.9 Å². The van der Waals surface area contributed by atoms with Gasteiger partial charge in [-0.3, -0.25) is 4.79 Å². The van der Waals surface area contributed by atoms with Crippen molar-refractivity contribution < 1.29 is 14.7 Å². The second kappa shape index (κ2) is 8.69. The van der Waals surface area contributed by atoms with E-state index in [-0.39, 0.29) is 25.4 Å². The average molecular weight is 431 g/mol. The second-order valence-corrected chi connectivity index (χ2v) is 6.91. The number of aliphatic carboxylic acids is 1. The first kappa shape index (κ1) is 21.2. The van der Waals surface area contributed by atoms with Gasteiger partial charge in [-0.25, -0.2) is 4.79 Å². The highest BCUT2D eigenvalue weighted by Crippen LogP contribution is 2.44. The Morgan fingerprint density at radius 2 is 1.89 bits per heavy atom. The predicted octanol–water partition coefficient (Wildman–Crippen LogP) is 3.72. The van der Waals surface area contributed by atoms with Gasteiger partial charge in [0.2, 0.25) is 5.91 Å². The molecule has 9 heteroatoms. The third kappa shape index (κ3) is 4.58. The minimum Gasteiger partial charge on any atom is -0.480 e. The van der Waals surface area contributed by atoms with Crippen LogP contribution in [0.5, 0.6) is 0 Å². The van der Waals surface area contributed by atoms with Gasteiger partial charge in [0, 0.05) is 33.4 Å². The molecule has 0 unspecified atom stereocenters. The average Bonchev–Trinajstić information content (AvgIpc) is 2.59. The Hall–Kier alpha value is -2.15. The molecule has 3 rings (SSSR count). The number of carbonyl (C=O) groups excluding carboxylic acids is 1. The number of carbonyl (C=O) groups is 2. The van der Waals surface area contributed by atoms with E-state index in [1.807, 2.05) is 30.3 Å². The zero-order chi connectivity index (χ0) is 18.8. The van der Waals surface area contributed by atoms with E-state index in [0.29, 0.717) is 21.3 Å². The van der Waals surface area contributed by atoms with Gasteiger partial charge in [0.05, 0.1) is 12.6 Å². The first-order valence-corrected chi connectivity index (χ1v) is 8.70. The number of hydrogen-bond donors (Lipinski definition) is 3.